The van der Waals surface area contributed by atoms with E-state index in [9.17, 15) is 18.0 Å². The molecule has 0 bridgehead atoms. The van der Waals surface area contributed by atoms with Crippen molar-refractivity contribution in [1.29, 1.82) is 0 Å². The lowest BCUT2D eigenvalue weighted by Crippen LogP contribution is -2.53. The lowest BCUT2D eigenvalue weighted by molar-refractivity contribution is -0.140. The molecule has 0 fully saturated rings. The van der Waals surface area contributed by atoms with Crippen molar-refractivity contribution in [3.63, 3.8) is 0 Å². The first-order valence-electron chi connectivity index (χ1n) is 14.6. The van der Waals surface area contributed by atoms with Gasteiger partial charge in [0, 0.05) is 24.7 Å². The number of anilines is 1. The molecule has 0 saturated heterocycles. The van der Waals surface area contributed by atoms with Gasteiger partial charge >= 0.3 is 0 Å². The molecule has 0 heterocycles. The Hall–Kier alpha value is -4.45. The average molecular weight is 642 g/mol. The number of methoxy groups -OCH3 is 4. The third-order valence-electron chi connectivity index (χ3n) is 7.46. The number of hydrogen-bond donors (Lipinski definition) is 1. The molecular formula is C33H43N3O8S. The second-order valence-electron chi connectivity index (χ2n) is 10.3. The van der Waals surface area contributed by atoms with Crippen LogP contribution in [0.5, 0.6) is 23.0 Å². The number of nitrogens with zero attached hydrogens (tertiary/aromatic N) is 2. The summed E-state index contributed by atoms with van der Waals surface area (Å²) >= 11 is 0. The molecule has 0 aliphatic rings. The van der Waals surface area contributed by atoms with Crippen LogP contribution in [0.3, 0.4) is 0 Å². The van der Waals surface area contributed by atoms with Crippen LogP contribution in [0.4, 0.5) is 5.69 Å². The van der Waals surface area contributed by atoms with Crippen LogP contribution in [0.2, 0.25) is 0 Å². The summed E-state index contributed by atoms with van der Waals surface area (Å²) in [5.41, 5.74) is 0.866. The molecule has 45 heavy (non-hydrogen) atoms. The summed E-state index contributed by atoms with van der Waals surface area (Å²) in [6, 6.07) is 17.1. The van der Waals surface area contributed by atoms with E-state index in [1.807, 2.05) is 51.1 Å². The molecule has 0 aliphatic heterocycles. The van der Waals surface area contributed by atoms with Crippen LogP contribution >= 0.6 is 0 Å². The van der Waals surface area contributed by atoms with Crippen LogP contribution in [-0.2, 0) is 26.2 Å². The number of amides is 2. The zero-order chi connectivity index (χ0) is 33.1. The normalized spacial score (nSPS) is 12.4. The number of nitrogens with one attached hydrogen (secondary N) is 1. The van der Waals surface area contributed by atoms with Crippen LogP contribution in [0, 0.1) is 0 Å². The van der Waals surface area contributed by atoms with E-state index < -0.39 is 28.5 Å². The molecule has 0 saturated carbocycles. The van der Waals surface area contributed by atoms with E-state index in [-0.39, 0.29) is 40.6 Å². The van der Waals surface area contributed by atoms with Gasteiger partial charge in [0.15, 0.2) is 11.5 Å². The van der Waals surface area contributed by atoms with E-state index in [4.69, 9.17) is 18.9 Å². The van der Waals surface area contributed by atoms with Gasteiger partial charge in [-0.25, -0.2) is 8.42 Å². The van der Waals surface area contributed by atoms with Crippen LogP contribution in [0.15, 0.2) is 71.6 Å². The van der Waals surface area contributed by atoms with Gasteiger partial charge < -0.3 is 29.2 Å². The van der Waals surface area contributed by atoms with E-state index in [1.54, 1.807) is 12.1 Å². The number of carbonyl (C=O) groups excluding carboxylic acids is 2. The van der Waals surface area contributed by atoms with Crippen molar-refractivity contribution in [3.8, 4) is 23.0 Å². The maximum absolute atomic E-state index is 14.4. The highest BCUT2D eigenvalue weighted by Gasteiger charge is 2.35. The first-order chi connectivity index (χ1) is 21.5. The van der Waals surface area contributed by atoms with E-state index in [0.29, 0.717) is 24.3 Å². The molecule has 2 amide bonds. The van der Waals surface area contributed by atoms with E-state index in [2.05, 4.69) is 5.32 Å². The van der Waals surface area contributed by atoms with Gasteiger partial charge in [0.05, 0.1) is 39.0 Å². The van der Waals surface area contributed by atoms with Gasteiger partial charge in [0.2, 0.25) is 11.8 Å². The maximum Gasteiger partial charge on any atom is 0.265 e. The Morgan fingerprint density at radius 1 is 0.800 bits per heavy atom. The van der Waals surface area contributed by atoms with Gasteiger partial charge in [-0.15, -0.1) is 0 Å². The second kappa shape index (κ2) is 16.0. The molecule has 11 nitrogen and oxygen atoms in total. The minimum Gasteiger partial charge on any atom is -0.497 e. The Morgan fingerprint density at radius 2 is 1.44 bits per heavy atom. The Bertz CT molecular complexity index is 1550. The van der Waals surface area contributed by atoms with Gasteiger partial charge in [-0.05, 0) is 49.6 Å². The van der Waals surface area contributed by atoms with Gasteiger partial charge in [0.1, 0.15) is 24.1 Å². The summed E-state index contributed by atoms with van der Waals surface area (Å²) in [5, 5.41) is 2.97. The first-order valence-corrected chi connectivity index (χ1v) is 16.1. The average Bonchev–Trinajstić information content (AvgIpc) is 3.06. The summed E-state index contributed by atoms with van der Waals surface area (Å²) in [7, 11) is 1.27. The quantitative estimate of drug-likeness (QED) is 0.240. The molecular weight excluding hydrogens is 598 g/mol. The molecule has 3 aromatic rings. The molecule has 244 valence electrons. The molecule has 3 aromatic carbocycles. The predicted octanol–water partition coefficient (Wildman–Crippen LogP) is 4.64. The van der Waals surface area contributed by atoms with Gasteiger partial charge in [-0.1, -0.05) is 44.2 Å². The summed E-state index contributed by atoms with van der Waals surface area (Å²) in [4.78, 5) is 29.1. The van der Waals surface area contributed by atoms with Crippen molar-refractivity contribution in [2.24, 2.45) is 0 Å². The molecule has 0 aromatic heterocycles. The van der Waals surface area contributed by atoms with E-state index in [1.165, 1.54) is 57.6 Å². The third-order valence-corrected chi connectivity index (χ3v) is 9.21. The monoisotopic (exact) mass is 641 g/mol. The summed E-state index contributed by atoms with van der Waals surface area (Å²) in [6.45, 7) is 5.11. The van der Waals surface area contributed by atoms with Crippen LogP contribution in [-0.4, -0.2) is 72.2 Å². The topological polar surface area (TPSA) is 124 Å². The standard InChI is InChI=1S/C33H43N3O8S/c1-8-23(3)34-33(38)27(9-2)35(21-24-13-11-10-12-14-24)32(37)22-36(28-19-25(41-4)15-17-29(28)42-5)45(39,40)26-16-18-30(43-6)31(20-26)44-7/h10-20,23,27H,8-9,21-22H2,1-7H3,(H,34,38)/t23-,27+/m1/s1. The highest BCUT2D eigenvalue weighted by atomic mass is 32.2. The second-order valence-corrected chi connectivity index (χ2v) is 12.2. The third kappa shape index (κ3) is 8.39. The fourth-order valence-electron chi connectivity index (χ4n) is 4.75. The van der Waals surface area contributed by atoms with Crippen molar-refractivity contribution < 1.29 is 37.0 Å². The number of carbonyl (C=O) groups is 2. The Balaban J connectivity index is 2.18. The Kier molecular flexibility index (Phi) is 12.5. The zero-order valence-corrected chi connectivity index (χ0v) is 27.7. The van der Waals surface area contributed by atoms with Crippen molar-refractivity contribution in [2.45, 2.75) is 57.1 Å². The number of rotatable bonds is 16. The molecule has 0 aliphatic carbocycles. The van der Waals surface area contributed by atoms with Crippen LogP contribution in [0.25, 0.3) is 0 Å². The lowest BCUT2D eigenvalue weighted by Gasteiger charge is -2.34. The highest BCUT2D eigenvalue weighted by molar-refractivity contribution is 7.92. The van der Waals surface area contributed by atoms with E-state index in [0.717, 1.165) is 9.87 Å². The first kappa shape index (κ1) is 35.0. The zero-order valence-electron chi connectivity index (χ0n) is 26.9. The molecule has 0 spiro atoms. The van der Waals surface area contributed by atoms with Gasteiger partial charge in [-0.3, -0.25) is 13.9 Å². The smallest absolute Gasteiger partial charge is 0.265 e. The predicted molar refractivity (Wildman–Crippen MR) is 173 cm³/mol. The number of ether oxygens (including phenoxy) is 4. The summed E-state index contributed by atoms with van der Waals surface area (Å²) in [6.07, 6.45) is 1.02. The van der Waals surface area contributed by atoms with Crippen molar-refractivity contribution in [3.05, 3.63) is 72.3 Å². The van der Waals surface area contributed by atoms with Crippen LogP contribution in [0.1, 0.15) is 39.2 Å². The SMILES string of the molecule is CC[C@@H](C)NC(=O)[C@H](CC)N(Cc1ccccc1)C(=O)CN(c1cc(OC)ccc1OC)S(=O)(=O)c1ccc(OC)c(OC)c1. The molecule has 0 radical (unpaired) electrons. The molecule has 0 unspecified atom stereocenters. The molecule has 3 rings (SSSR count). The van der Waals surface area contributed by atoms with Gasteiger partial charge in [0.25, 0.3) is 10.0 Å². The lowest BCUT2D eigenvalue weighted by atomic mass is 10.1. The largest absolute Gasteiger partial charge is 0.497 e. The fraction of sp³-hybridized carbons (Fsp3) is 0.394. The molecule has 2 atom stereocenters. The Labute approximate surface area is 266 Å². The number of sulfonamides is 1. The summed E-state index contributed by atoms with van der Waals surface area (Å²) < 4.78 is 51.4. The summed E-state index contributed by atoms with van der Waals surface area (Å²) in [5.74, 6) is 0.185. The van der Waals surface area contributed by atoms with E-state index >= 15 is 0 Å². The van der Waals surface area contributed by atoms with Crippen LogP contribution < -0.4 is 28.6 Å². The van der Waals surface area contributed by atoms with Gasteiger partial charge in [-0.2, -0.15) is 0 Å². The number of hydrogen-bond acceptors (Lipinski definition) is 8. The van der Waals surface area contributed by atoms with Crippen molar-refractivity contribution in [1.82, 2.24) is 10.2 Å². The maximum atomic E-state index is 14.4. The van der Waals surface area contributed by atoms with Crippen molar-refractivity contribution >= 4 is 27.5 Å². The highest BCUT2D eigenvalue weighted by Crippen LogP contribution is 2.38. The molecule has 1 N–H and O–H groups in total. The Morgan fingerprint density at radius 3 is 2.02 bits per heavy atom. The fourth-order valence-corrected chi connectivity index (χ4v) is 6.18. The minimum absolute atomic E-state index is 0.0803. The van der Waals surface area contributed by atoms with Crippen molar-refractivity contribution in [2.75, 3.05) is 39.3 Å². The minimum atomic E-state index is -4.43. The molecule has 12 heteroatoms. The number of benzene rings is 3.